The fraction of sp³-hybridized carbons (Fsp3) is 0.333. The molecule has 1 N–H and O–H groups in total. The molecule has 0 bridgehead atoms. The van der Waals surface area contributed by atoms with E-state index in [-0.39, 0.29) is 6.10 Å². The second-order valence-corrected chi connectivity index (χ2v) is 5.85. The van der Waals surface area contributed by atoms with E-state index in [1.54, 1.807) is 0 Å². The summed E-state index contributed by atoms with van der Waals surface area (Å²) < 4.78 is 3.25. The van der Waals surface area contributed by atoms with E-state index in [2.05, 4.69) is 38.8 Å². The van der Waals surface area contributed by atoms with Crippen molar-refractivity contribution < 1.29 is 5.11 Å². The Balaban J connectivity index is 1.75. The molecule has 1 aliphatic rings. The highest BCUT2D eigenvalue weighted by atomic mass is 79.9. The second-order valence-electron chi connectivity index (χ2n) is 4.99. The molecule has 18 heavy (non-hydrogen) atoms. The van der Waals surface area contributed by atoms with Gasteiger partial charge in [0.2, 0.25) is 0 Å². The number of aliphatic hydroxyl groups excluding tert-OH is 1. The summed E-state index contributed by atoms with van der Waals surface area (Å²) in [5.74, 6) is 0.490. The Kier molecular flexibility index (Phi) is 3.27. The molecule has 1 atom stereocenters. The highest BCUT2D eigenvalue weighted by Crippen LogP contribution is 2.40. The molecule has 0 saturated heterocycles. The van der Waals surface area contributed by atoms with Crippen LogP contribution in [0, 0.1) is 5.92 Å². The van der Waals surface area contributed by atoms with Crippen LogP contribution >= 0.6 is 15.9 Å². The number of benzene rings is 1. The van der Waals surface area contributed by atoms with Gasteiger partial charge in [-0.2, -0.15) is 0 Å². The van der Waals surface area contributed by atoms with Crippen LogP contribution in [0.5, 0.6) is 0 Å². The predicted molar refractivity (Wildman–Crippen MR) is 75.4 cm³/mol. The standard InChI is InChI=1S/C15H16BrNO/c16-14-4-2-1-3-12(14)9-17-8-7-13(10-17)15(18)11-5-6-11/h1-4,7-8,10-11,15,18H,5-6,9H2. The maximum Gasteiger partial charge on any atom is 0.0832 e. The molecule has 94 valence electrons. The molecule has 1 aromatic heterocycles. The average Bonchev–Trinajstić information content (AvgIpc) is 3.12. The van der Waals surface area contributed by atoms with Crippen LogP contribution in [-0.2, 0) is 6.54 Å². The van der Waals surface area contributed by atoms with Gasteiger partial charge in [-0.05, 0) is 42.0 Å². The van der Waals surface area contributed by atoms with Crippen molar-refractivity contribution in [1.29, 1.82) is 0 Å². The molecular weight excluding hydrogens is 290 g/mol. The molecule has 0 spiro atoms. The van der Waals surface area contributed by atoms with E-state index in [4.69, 9.17) is 0 Å². The van der Waals surface area contributed by atoms with Gasteiger partial charge in [0.1, 0.15) is 0 Å². The van der Waals surface area contributed by atoms with Crippen LogP contribution in [0.25, 0.3) is 0 Å². The van der Waals surface area contributed by atoms with E-state index >= 15 is 0 Å². The van der Waals surface area contributed by atoms with Gasteiger partial charge in [-0.1, -0.05) is 34.1 Å². The lowest BCUT2D eigenvalue weighted by Gasteiger charge is -2.07. The number of aliphatic hydroxyl groups is 1. The molecule has 1 fully saturated rings. The number of hydrogen-bond donors (Lipinski definition) is 1. The van der Waals surface area contributed by atoms with Crippen molar-refractivity contribution in [2.24, 2.45) is 5.92 Å². The molecule has 2 aromatic rings. The van der Waals surface area contributed by atoms with E-state index < -0.39 is 0 Å². The van der Waals surface area contributed by atoms with Gasteiger partial charge in [-0.15, -0.1) is 0 Å². The Morgan fingerprint density at radius 3 is 2.78 bits per heavy atom. The van der Waals surface area contributed by atoms with E-state index in [0.717, 1.165) is 29.4 Å². The third-order valence-electron chi connectivity index (χ3n) is 3.49. The highest BCUT2D eigenvalue weighted by Gasteiger charge is 2.31. The summed E-state index contributed by atoms with van der Waals surface area (Å²) in [5, 5.41) is 10.1. The van der Waals surface area contributed by atoms with Gasteiger partial charge >= 0.3 is 0 Å². The topological polar surface area (TPSA) is 25.2 Å². The predicted octanol–water partition coefficient (Wildman–Crippen LogP) is 3.74. The van der Waals surface area contributed by atoms with Crippen molar-refractivity contribution in [3.8, 4) is 0 Å². The van der Waals surface area contributed by atoms with Crippen molar-refractivity contribution in [3.63, 3.8) is 0 Å². The number of halogens is 1. The van der Waals surface area contributed by atoms with Crippen LogP contribution in [0.15, 0.2) is 47.2 Å². The molecule has 0 radical (unpaired) electrons. The van der Waals surface area contributed by atoms with Gasteiger partial charge in [0, 0.05) is 23.4 Å². The third kappa shape index (κ3) is 2.52. The van der Waals surface area contributed by atoms with Gasteiger partial charge in [0.25, 0.3) is 0 Å². The van der Waals surface area contributed by atoms with E-state index in [1.807, 2.05) is 24.4 Å². The van der Waals surface area contributed by atoms with Crippen LogP contribution in [0.3, 0.4) is 0 Å². The van der Waals surface area contributed by atoms with Crippen molar-refractivity contribution in [3.05, 3.63) is 58.3 Å². The molecule has 2 nitrogen and oxygen atoms in total. The van der Waals surface area contributed by atoms with Crippen molar-refractivity contribution in [2.75, 3.05) is 0 Å². The molecular formula is C15H16BrNO. The third-order valence-corrected chi connectivity index (χ3v) is 4.27. The summed E-state index contributed by atoms with van der Waals surface area (Å²) in [6.07, 6.45) is 6.15. The zero-order valence-electron chi connectivity index (χ0n) is 10.1. The Morgan fingerprint density at radius 2 is 2.06 bits per heavy atom. The fourth-order valence-corrected chi connectivity index (χ4v) is 2.65. The van der Waals surface area contributed by atoms with Crippen LogP contribution in [-0.4, -0.2) is 9.67 Å². The van der Waals surface area contributed by atoms with E-state index in [0.29, 0.717) is 5.92 Å². The molecule has 1 aliphatic carbocycles. The van der Waals surface area contributed by atoms with Gasteiger partial charge < -0.3 is 9.67 Å². The summed E-state index contributed by atoms with van der Waals surface area (Å²) >= 11 is 3.56. The van der Waals surface area contributed by atoms with Crippen molar-refractivity contribution >= 4 is 15.9 Å². The Morgan fingerprint density at radius 1 is 1.28 bits per heavy atom. The summed E-state index contributed by atoms with van der Waals surface area (Å²) in [7, 11) is 0. The average molecular weight is 306 g/mol. The first-order valence-electron chi connectivity index (χ1n) is 6.31. The number of aromatic nitrogens is 1. The highest BCUT2D eigenvalue weighted by molar-refractivity contribution is 9.10. The van der Waals surface area contributed by atoms with Crippen molar-refractivity contribution in [2.45, 2.75) is 25.5 Å². The molecule has 0 amide bonds. The molecule has 3 heteroatoms. The molecule has 1 aromatic carbocycles. The summed E-state index contributed by atoms with van der Waals surface area (Å²) in [4.78, 5) is 0. The molecule has 1 unspecified atom stereocenters. The minimum atomic E-state index is -0.273. The second kappa shape index (κ2) is 4.90. The van der Waals surface area contributed by atoms with Crippen LogP contribution in [0.4, 0.5) is 0 Å². The Labute approximate surface area is 115 Å². The minimum absolute atomic E-state index is 0.273. The number of nitrogens with zero attached hydrogens (tertiary/aromatic N) is 1. The van der Waals surface area contributed by atoms with Crippen LogP contribution in [0.1, 0.15) is 30.1 Å². The van der Waals surface area contributed by atoms with Gasteiger partial charge in [0.05, 0.1) is 6.10 Å². The largest absolute Gasteiger partial charge is 0.388 e. The Bertz CT molecular complexity index is 545. The maximum atomic E-state index is 10.1. The van der Waals surface area contributed by atoms with Crippen molar-refractivity contribution in [1.82, 2.24) is 4.57 Å². The minimum Gasteiger partial charge on any atom is -0.388 e. The zero-order chi connectivity index (χ0) is 12.5. The quantitative estimate of drug-likeness (QED) is 0.914. The fourth-order valence-electron chi connectivity index (χ4n) is 2.24. The van der Waals surface area contributed by atoms with E-state index in [9.17, 15) is 5.11 Å². The van der Waals surface area contributed by atoms with Crippen LogP contribution in [0.2, 0.25) is 0 Å². The molecule has 0 aliphatic heterocycles. The van der Waals surface area contributed by atoms with Gasteiger partial charge in [-0.25, -0.2) is 0 Å². The summed E-state index contributed by atoms with van der Waals surface area (Å²) in [6, 6.07) is 10.3. The SMILES string of the molecule is OC(c1ccn(Cc2ccccc2Br)c1)C1CC1. The first-order chi connectivity index (χ1) is 8.74. The van der Waals surface area contributed by atoms with Crippen LogP contribution < -0.4 is 0 Å². The maximum absolute atomic E-state index is 10.1. The normalized spacial score (nSPS) is 16.8. The summed E-state index contributed by atoms with van der Waals surface area (Å²) in [5.41, 5.74) is 2.30. The monoisotopic (exact) mass is 305 g/mol. The lowest BCUT2D eigenvalue weighted by Crippen LogP contribution is -2.00. The first-order valence-corrected chi connectivity index (χ1v) is 7.10. The number of hydrogen-bond acceptors (Lipinski definition) is 1. The Hall–Kier alpha value is -1.06. The van der Waals surface area contributed by atoms with Gasteiger partial charge in [-0.3, -0.25) is 0 Å². The first kappa shape index (κ1) is 12.0. The van der Waals surface area contributed by atoms with E-state index in [1.165, 1.54) is 5.56 Å². The zero-order valence-corrected chi connectivity index (χ0v) is 11.7. The van der Waals surface area contributed by atoms with Gasteiger partial charge in [0.15, 0.2) is 0 Å². The summed E-state index contributed by atoms with van der Waals surface area (Å²) in [6.45, 7) is 0.832. The lowest BCUT2D eigenvalue weighted by atomic mass is 10.1. The lowest BCUT2D eigenvalue weighted by molar-refractivity contribution is 0.154. The smallest absolute Gasteiger partial charge is 0.0832 e. The molecule has 1 saturated carbocycles. The molecule has 3 rings (SSSR count). The number of rotatable bonds is 4. The molecule has 1 heterocycles.